The van der Waals surface area contributed by atoms with Crippen LogP contribution in [0.5, 0.6) is 0 Å². The number of thiazole rings is 1. The summed E-state index contributed by atoms with van der Waals surface area (Å²) in [5, 5.41) is 6.03. The van der Waals surface area contributed by atoms with Gasteiger partial charge in [-0.25, -0.2) is 13.8 Å². The first-order valence-electron chi connectivity index (χ1n) is 5.23. The molecule has 0 fully saturated rings. The smallest absolute Gasteiger partial charge is 0.126 e. The molecule has 0 aliphatic heterocycles. The lowest BCUT2D eigenvalue weighted by Gasteiger charge is -2.11. The SMILES string of the molecule is CC(NCc1cc(F)cc(F)c1)c1nccs1. The first kappa shape index (κ1) is 12.1. The molecule has 1 aromatic heterocycles. The van der Waals surface area contributed by atoms with E-state index in [9.17, 15) is 8.78 Å². The standard InChI is InChI=1S/C12H12F2N2S/c1-8(12-15-2-3-17-12)16-7-9-4-10(13)6-11(14)5-9/h2-6,8,16H,7H2,1H3. The molecule has 1 heterocycles. The van der Waals surface area contributed by atoms with Crippen molar-refractivity contribution in [2.45, 2.75) is 19.5 Å². The highest BCUT2D eigenvalue weighted by Gasteiger charge is 2.08. The molecular formula is C12H12F2N2S. The van der Waals surface area contributed by atoms with Crippen molar-refractivity contribution < 1.29 is 8.78 Å². The van der Waals surface area contributed by atoms with E-state index in [1.54, 1.807) is 17.5 Å². The zero-order valence-electron chi connectivity index (χ0n) is 9.28. The second-order valence-electron chi connectivity index (χ2n) is 3.75. The molecule has 0 bridgehead atoms. The van der Waals surface area contributed by atoms with Gasteiger partial charge in [-0.05, 0) is 24.6 Å². The summed E-state index contributed by atoms with van der Waals surface area (Å²) < 4.78 is 25.9. The average Bonchev–Trinajstić information content (AvgIpc) is 2.78. The molecule has 1 unspecified atom stereocenters. The summed E-state index contributed by atoms with van der Waals surface area (Å²) in [4.78, 5) is 4.17. The van der Waals surface area contributed by atoms with Crippen molar-refractivity contribution in [3.8, 4) is 0 Å². The Kier molecular flexibility index (Phi) is 3.81. The maximum atomic E-state index is 12.9. The van der Waals surface area contributed by atoms with E-state index >= 15 is 0 Å². The van der Waals surface area contributed by atoms with Crippen LogP contribution in [0.2, 0.25) is 0 Å². The Bertz CT molecular complexity index is 465. The van der Waals surface area contributed by atoms with E-state index in [0.717, 1.165) is 11.1 Å². The monoisotopic (exact) mass is 254 g/mol. The molecule has 1 aromatic carbocycles. The van der Waals surface area contributed by atoms with Crippen molar-refractivity contribution in [3.63, 3.8) is 0 Å². The molecule has 0 radical (unpaired) electrons. The highest BCUT2D eigenvalue weighted by Crippen LogP contribution is 2.16. The zero-order valence-corrected chi connectivity index (χ0v) is 10.1. The molecule has 5 heteroatoms. The summed E-state index contributed by atoms with van der Waals surface area (Å²) in [6, 6.07) is 3.59. The fraction of sp³-hybridized carbons (Fsp3) is 0.250. The van der Waals surface area contributed by atoms with Crippen LogP contribution < -0.4 is 5.32 Å². The summed E-state index contributed by atoms with van der Waals surface area (Å²) in [6.45, 7) is 2.38. The van der Waals surface area contributed by atoms with Crippen molar-refractivity contribution in [1.29, 1.82) is 0 Å². The van der Waals surface area contributed by atoms with Crippen LogP contribution in [0.4, 0.5) is 8.78 Å². The number of rotatable bonds is 4. The Morgan fingerprint density at radius 1 is 1.29 bits per heavy atom. The molecule has 2 nitrogen and oxygen atoms in total. The molecule has 17 heavy (non-hydrogen) atoms. The van der Waals surface area contributed by atoms with E-state index in [4.69, 9.17) is 0 Å². The van der Waals surface area contributed by atoms with Gasteiger partial charge in [0, 0.05) is 24.2 Å². The lowest BCUT2D eigenvalue weighted by molar-refractivity contribution is 0.553. The van der Waals surface area contributed by atoms with Gasteiger partial charge in [-0.2, -0.15) is 0 Å². The van der Waals surface area contributed by atoms with Crippen molar-refractivity contribution in [2.75, 3.05) is 0 Å². The van der Waals surface area contributed by atoms with Gasteiger partial charge in [0.15, 0.2) is 0 Å². The highest BCUT2D eigenvalue weighted by atomic mass is 32.1. The molecule has 1 N–H and O–H groups in total. The van der Waals surface area contributed by atoms with Crippen LogP contribution in [0.3, 0.4) is 0 Å². The average molecular weight is 254 g/mol. The molecule has 1 atom stereocenters. The second kappa shape index (κ2) is 5.33. The minimum atomic E-state index is -0.552. The third kappa shape index (κ3) is 3.31. The molecule has 0 amide bonds. The lowest BCUT2D eigenvalue weighted by atomic mass is 10.2. The predicted octanol–water partition coefficient (Wildman–Crippen LogP) is 3.27. The fourth-order valence-electron chi connectivity index (χ4n) is 1.52. The van der Waals surface area contributed by atoms with Crippen LogP contribution in [-0.4, -0.2) is 4.98 Å². The summed E-state index contributed by atoms with van der Waals surface area (Å²) in [5.74, 6) is -1.10. The van der Waals surface area contributed by atoms with Gasteiger partial charge in [0.2, 0.25) is 0 Å². The molecule has 90 valence electrons. The third-order valence-corrected chi connectivity index (χ3v) is 3.31. The van der Waals surface area contributed by atoms with E-state index in [1.165, 1.54) is 12.1 Å². The molecule has 0 saturated carbocycles. The minimum absolute atomic E-state index is 0.0707. The predicted molar refractivity (Wildman–Crippen MR) is 63.7 cm³/mol. The largest absolute Gasteiger partial charge is 0.304 e. The summed E-state index contributed by atoms with van der Waals surface area (Å²) in [5.41, 5.74) is 0.589. The molecule has 0 aliphatic rings. The number of hydrogen-bond acceptors (Lipinski definition) is 3. The van der Waals surface area contributed by atoms with Gasteiger partial charge in [-0.15, -0.1) is 11.3 Å². The molecule has 0 spiro atoms. The second-order valence-corrected chi connectivity index (χ2v) is 4.68. The van der Waals surface area contributed by atoms with E-state index in [2.05, 4.69) is 10.3 Å². The van der Waals surface area contributed by atoms with Gasteiger partial charge in [0.1, 0.15) is 16.6 Å². The van der Waals surface area contributed by atoms with Crippen molar-refractivity contribution in [3.05, 3.63) is 52.0 Å². The lowest BCUT2D eigenvalue weighted by Crippen LogP contribution is -2.18. The molecular weight excluding hydrogens is 242 g/mol. The number of hydrogen-bond donors (Lipinski definition) is 1. The van der Waals surface area contributed by atoms with Crippen molar-refractivity contribution in [2.24, 2.45) is 0 Å². The number of benzene rings is 1. The Morgan fingerprint density at radius 2 is 2.00 bits per heavy atom. The van der Waals surface area contributed by atoms with E-state index < -0.39 is 11.6 Å². The topological polar surface area (TPSA) is 24.9 Å². The number of aromatic nitrogens is 1. The van der Waals surface area contributed by atoms with Crippen LogP contribution in [0.15, 0.2) is 29.8 Å². The normalized spacial score (nSPS) is 12.6. The Labute approximate surface area is 102 Å². The van der Waals surface area contributed by atoms with Gasteiger partial charge >= 0.3 is 0 Å². The summed E-state index contributed by atoms with van der Waals surface area (Å²) in [7, 11) is 0. The molecule has 2 aromatic rings. The fourth-order valence-corrected chi connectivity index (χ4v) is 2.19. The Balaban J connectivity index is 1.98. The quantitative estimate of drug-likeness (QED) is 0.905. The zero-order chi connectivity index (χ0) is 12.3. The van der Waals surface area contributed by atoms with Crippen LogP contribution >= 0.6 is 11.3 Å². The Hall–Kier alpha value is -1.33. The third-order valence-electron chi connectivity index (χ3n) is 2.36. The number of nitrogens with zero attached hydrogens (tertiary/aromatic N) is 1. The van der Waals surface area contributed by atoms with Gasteiger partial charge < -0.3 is 5.32 Å². The summed E-state index contributed by atoms with van der Waals surface area (Å²) in [6.07, 6.45) is 1.74. The van der Waals surface area contributed by atoms with Gasteiger partial charge in [0.25, 0.3) is 0 Å². The summed E-state index contributed by atoms with van der Waals surface area (Å²) >= 11 is 1.55. The molecule has 2 rings (SSSR count). The van der Waals surface area contributed by atoms with Crippen molar-refractivity contribution >= 4 is 11.3 Å². The first-order valence-corrected chi connectivity index (χ1v) is 6.11. The van der Waals surface area contributed by atoms with E-state index in [0.29, 0.717) is 12.1 Å². The maximum absolute atomic E-state index is 12.9. The van der Waals surface area contributed by atoms with Crippen LogP contribution in [-0.2, 0) is 6.54 Å². The minimum Gasteiger partial charge on any atom is -0.304 e. The van der Waals surface area contributed by atoms with Crippen molar-refractivity contribution in [1.82, 2.24) is 10.3 Å². The van der Waals surface area contributed by atoms with Crippen LogP contribution in [0, 0.1) is 11.6 Å². The first-order chi connectivity index (χ1) is 8.15. The molecule has 0 saturated heterocycles. The van der Waals surface area contributed by atoms with Gasteiger partial charge in [0.05, 0.1) is 6.04 Å². The number of nitrogens with one attached hydrogen (secondary N) is 1. The highest BCUT2D eigenvalue weighted by molar-refractivity contribution is 7.09. The maximum Gasteiger partial charge on any atom is 0.126 e. The van der Waals surface area contributed by atoms with Gasteiger partial charge in [-0.1, -0.05) is 0 Å². The molecule has 0 aliphatic carbocycles. The van der Waals surface area contributed by atoms with Crippen LogP contribution in [0.25, 0.3) is 0 Å². The Morgan fingerprint density at radius 3 is 2.59 bits per heavy atom. The van der Waals surface area contributed by atoms with E-state index in [1.807, 2.05) is 12.3 Å². The van der Waals surface area contributed by atoms with Crippen LogP contribution in [0.1, 0.15) is 23.5 Å². The number of halogens is 2. The van der Waals surface area contributed by atoms with E-state index in [-0.39, 0.29) is 6.04 Å². The van der Waals surface area contributed by atoms with Gasteiger partial charge in [-0.3, -0.25) is 0 Å².